The van der Waals surface area contributed by atoms with Crippen molar-refractivity contribution in [1.82, 2.24) is 0 Å². The lowest BCUT2D eigenvalue weighted by Gasteiger charge is -2.19. The van der Waals surface area contributed by atoms with Crippen molar-refractivity contribution in [1.29, 1.82) is 0 Å². The monoisotopic (exact) mass is 281 g/mol. The molecule has 0 saturated carbocycles. The molecule has 0 aromatic heterocycles. The van der Waals surface area contributed by atoms with E-state index in [9.17, 15) is 14.9 Å². The molecule has 0 heterocycles. The van der Waals surface area contributed by atoms with E-state index in [0.717, 1.165) is 5.56 Å². The van der Waals surface area contributed by atoms with Gasteiger partial charge in [0.05, 0.1) is 11.5 Å². The van der Waals surface area contributed by atoms with Crippen LogP contribution in [0.25, 0.3) is 0 Å². The second-order valence-corrected chi connectivity index (χ2v) is 5.31. The summed E-state index contributed by atoms with van der Waals surface area (Å²) in [5, 5.41) is 10.5. The molecule has 1 aromatic carbocycles. The third-order valence-electron chi connectivity index (χ3n) is 2.32. The Morgan fingerprint density at radius 3 is 2.35 bits per heavy atom. The van der Waals surface area contributed by atoms with Crippen LogP contribution < -0.4 is 0 Å². The number of hydrogen-bond acceptors (Lipinski definition) is 5. The first-order valence-electron chi connectivity index (χ1n) is 6.31. The van der Waals surface area contributed by atoms with Crippen LogP contribution in [-0.2, 0) is 20.7 Å². The Bertz CT molecular complexity index is 461. The highest BCUT2D eigenvalue weighted by atomic mass is 16.6. The van der Waals surface area contributed by atoms with Gasteiger partial charge in [-0.25, -0.2) is 4.79 Å². The Balaban J connectivity index is 2.27. The molecule has 110 valence electrons. The highest BCUT2D eigenvalue weighted by molar-refractivity contribution is 5.71. The van der Waals surface area contributed by atoms with Gasteiger partial charge >= 0.3 is 5.97 Å². The summed E-state index contributed by atoms with van der Waals surface area (Å²) in [6.45, 7) is 5.65. The maximum atomic E-state index is 11.4. The normalized spacial score (nSPS) is 11.2. The van der Waals surface area contributed by atoms with E-state index >= 15 is 0 Å². The molecule has 0 saturated heterocycles. The van der Waals surface area contributed by atoms with Crippen molar-refractivity contribution in [2.45, 2.75) is 32.8 Å². The van der Waals surface area contributed by atoms with Crippen molar-refractivity contribution >= 4 is 11.7 Å². The number of nitro benzene ring substituents is 1. The zero-order valence-corrected chi connectivity index (χ0v) is 11.9. The lowest BCUT2D eigenvalue weighted by Crippen LogP contribution is -2.26. The van der Waals surface area contributed by atoms with E-state index in [1.165, 1.54) is 12.1 Å². The Morgan fingerprint density at radius 1 is 1.25 bits per heavy atom. The molecule has 0 radical (unpaired) electrons. The maximum Gasteiger partial charge on any atom is 0.332 e. The van der Waals surface area contributed by atoms with Crippen LogP contribution >= 0.6 is 0 Å². The molecule has 6 heteroatoms. The molecule has 20 heavy (non-hydrogen) atoms. The quantitative estimate of drug-likeness (QED) is 0.346. The zero-order chi connectivity index (χ0) is 15.2. The summed E-state index contributed by atoms with van der Waals surface area (Å²) in [7, 11) is 0. The zero-order valence-electron chi connectivity index (χ0n) is 11.9. The van der Waals surface area contributed by atoms with Crippen LogP contribution in [0.4, 0.5) is 5.69 Å². The highest BCUT2D eigenvalue weighted by Gasteiger charge is 2.15. The van der Waals surface area contributed by atoms with Gasteiger partial charge in [-0.1, -0.05) is 12.1 Å². The Hall–Kier alpha value is -1.95. The van der Waals surface area contributed by atoms with Crippen LogP contribution in [0.2, 0.25) is 0 Å². The van der Waals surface area contributed by atoms with Crippen LogP contribution in [0.1, 0.15) is 26.3 Å². The number of benzene rings is 1. The summed E-state index contributed by atoms with van der Waals surface area (Å²) in [6, 6.07) is 6.25. The summed E-state index contributed by atoms with van der Waals surface area (Å²) < 4.78 is 10.3. The fourth-order valence-electron chi connectivity index (χ4n) is 1.50. The number of carbonyl (C=O) groups is 1. The molecule has 0 spiro atoms. The lowest BCUT2D eigenvalue weighted by molar-refractivity contribution is -0.384. The molecule has 0 N–H and O–H groups in total. The molecule has 0 aliphatic rings. The topological polar surface area (TPSA) is 78.7 Å². The number of carbonyl (C=O) groups excluding carboxylic acids is 1. The fourth-order valence-corrected chi connectivity index (χ4v) is 1.50. The number of esters is 1. The minimum atomic E-state index is -0.515. The van der Waals surface area contributed by atoms with Crippen molar-refractivity contribution in [3.8, 4) is 0 Å². The molecular weight excluding hydrogens is 262 g/mol. The number of hydrogen-bond donors (Lipinski definition) is 0. The van der Waals surface area contributed by atoms with Crippen molar-refractivity contribution in [2.24, 2.45) is 0 Å². The summed E-state index contributed by atoms with van der Waals surface area (Å²) in [4.78, 5) is 21.4. The second-order valence-electron chi connectivity index (χ2n) is 5.31. The molecule has 6 nitrogen and oxygen atoms in total. The third kappa shape index (κ3) is 6.29. The van der Waals surface area contributed by atoms with Crippen LogP contribution in [0.3, 0.4) is 0 Å². The molecular formula is C14H19NO5. The van der Waals surface area contributed by atoms with Gasteiger partial charge in [-0.15, -0.1) is 0 Å². The average molecular weight is 281 g/mol. The molecule has 0 bridgehead atoms. The number of non-ortho nitro benzene ring substituents is 1. The second kappa shape index (κ2) is 7.00. The molecule has 0 unspecified atom stereocenters. The lowest BCUT2D eigenvalue weighted by atomic mass is 10.1. The van der Waals surface area contributed by atoms with Gasteiger partial charge in [-0.05, 0) is 32.8 Å². The van der Waals surface area contributed by atoms with Gasteiger partial charge < -0.3 is 9.47 Å². The minimum absolute atomic E-state index is 0.0587. The number of nitrogens with zero attached hydrogens (tertiary/aromatic N) is 1. The van der Waals surface area contributed by atoms with Gasteiger partial charge in [-0.2, -0.15) is 0 Å². The van der Waals surface area contributed by atoms with Crippen molar-refractivity contribution in [2.75, 3.05) is 13.2 Å². The Kier molecular flexibility index (Phi) is 5.64. The van der Waals surface area contributed by atoms with E-state index in [0.29, 0.717) is 13.0 Å². The van der Waals surface area contributed by atoms with E-state index in [1.54, 1.807) is 32.9 Å². The largest absolute Gasteiger partial charge is 0.458 e. The SMILES string of the molecule is CC(C)(C)OC(=O)COCCc1ccc([N+](=O)[O-])cc1. The van der Waals surface area contributed by atoms with Gasteiger partial charge in [0.1, 0.15) is 12.2 Å². The van der Waals surface area contributed by atoms with E-state index in [4.69, 9.17) is 9.47 Å². The van der Waals surface area contributed by atoms with E-state index in [2.05, 4.69) is 0 Å². The minimum Gasteiger partial charge on any atom is -0.458 e. The summed E-state index contributed by atoms with van der Waals surface area (Å²) in [5.74, 6) is -0.402. The molecule has 0 amide bonds. The fraction of sp³-hybridized carbons (Fsp3) is 0.500. The van der Waals surface area contributed by atoms with Crippen LogP contribution in [0.15, 0.2) is 24.3 Å². The first kappa shape index (κ1) is 16.1. The number of rotatable bonds is 6. The standard InChI is InChI=1S/C14H19NO5/c1-14(2,3)20-13(16)10-19-9-8-11-4-6-12(7-5-11)15(17)18/h4-7H,8-10H2,1-3H3. The summed E-state index contributed by atoms with van der Waals surface area (Å²) >= 11 is 0. The van der Waals surface area contributed by atoms with Gasteiger partial charge in [0, 0.05) is 12.1 Å². The highest BCUT2D eigenvalue weighted by Crippen LogP contribution is 2.12. The summed E-state index contributed by atoms with van der Waals surface area (Å²) in [5.41, 5.74) is 0.460. The third-order valence-corrected chi connectivity index (χ3v) is 2.32. The molecule has 0 aliphatic heterocycles. The van der Waals surface area contributed by atoms with E-state index in [1.807, 2.05) is 0 Å². The molecule has 1 rings (SSSR count). The smallest absolute Gasteiger partial charge is 0.332 e. The molecule has 0 aliphatic carbocycles. The Morgan fingerprint density at radius 2 is 1.85 bits per heavy atom. The average Bonchev–Trinajstić information content (AvgIpc) is 2.33. The van der Waals surface area contributed by atoms with Gasteiger partial charge in [0.2, 0.25) is 0 Å². The van der Waals surface area contributed by atoms with Gasteiger partial charge in [0.25, 0.3) is 5.69 Å². The van der Waals surface area contributed by atoms with Gasteiger partial charge in [0.15, 0.2) is 0 Å². The van der Waals surface area contributed by atoms with Crippen molar-refractivity contribution < 1.29 is 19.2 Å². The molecule has 1 aromatic rings. The molecule has 0 fully saturated rings. The van der Waals surface area contributed by atoms with E-state index in [-0.39, 0.29) is 12.3 Å². The van der Waals surface area contributed by atoms with Crippen LogP contribution in [-0.4, -0.2) is 29.7 Å². The van der Waals surface area contributed by atoms with Crippen molar-refractivity contribution in [3.63, 3.8) is 0 Å². The summed E-state index contributed by atoms with van der Waals surface area (Å²) in [6.07, 6.45) is 0.584. The van der Waals surface area contributed by atoms with Crippen molar-refractivity contribution in [3.05, 3.63) is 39.9 Å². The number of ether oxygens (including phenoxy) is 2. The predicted octanol–water partition coefficient (Wildman–Crippen LogP) is 2.50. The molecule has 0 atom stereocenters. The first-order valence-corrected chi connectivity index (χ1v) is 6.31. The number of nitro groups is 1. The van der Waals surface area contributed by atoms with Crippen LogP contribution in [0.5, 0.6) is 0 Å². The first-order chi connectivity index (χ1) is 9.28. The maximum absolute atomic E-state index is 11.4. The van der Waals surface area contributed by atoms with Crippen LogP contribution in [0, 0.1) is 10.1 Å². The van der Waals surface area contributed by atoms with Gasteiger partial charge in [-0.3, -0.25) is 10.1 Å². The Labute approximate surface area is 117 Å². The van der Waals surface area contributed by atoms with E-state index < -0.39 is 16.5 Å². The predicted molar refractivity (Wildman–Crippen MR) is 73.5 cm³/mol.